The smallest absolute Gasteiger partial charge is 0.258 e. The molecule has 6 heteroatoms. The van der Waals surface area contributed by atoms with Gasteiger partial charge in [0.05, 0.1) is 19.9 Å². The summed E-state index contributed by atoms with van der Waals surface area (Å²) < 4.78 is 12.5. The van der Waals surface area contributed by atoms with Gasteiger partial charge in [-0.05, 0) is 17.7 Å². The number of carbonyl (C=O) groups is 1. The van der Waals surface area contributed by atoms with Gasteiger partial charge in [-0.15, -0.1) is 0 Å². The molecule has 0 bridgehead atoms. The van der Waals surface area contributed by atoms with Crippen molar-refractivity contribution in [1.29, 1.82) is 0 Å². The number of benzene rings is 2. The fraction of sp³-hybridized carbons (Fsp3) is 0.200. The first-order valence-corrected chi connectivity index (χ1v) is 8.32. The van der Waals surface area contributed by atoms with Crippen molar-refractivity contribution >= 4 is 5.91 Å². The lowest BCUT2D eigenvalue weighted by molar-refractivity contribution is -0.123. The number of para-hydroxylation sites is 2. The van der Waals surface area contributed by atoms with E-state index in [-0.39, 0.29) is 12.5 Å². The maximum Gasteiger partial charge on any atom is 0.258 e. The van der Waals surface area contributed by atoms with Gasteiger partial charge >= 0.3 is 0 Å². The Labute approximate surface area is 152 Å². The average molecular weight is 351 g/mol. The third-order valence-electron chi connectivity index (χ3n) is 3.79. The van der Waals surface area contributed by atoms with E-state index in [1.54, 1.807) is 25.4 Å². The lowest BCUT2D eigenvalue weighted by Crippen LogP contribution is -2.28. The van der Waals surface area contributed by atoms with Crippen molar-refractivity contribution < 1.29 is 14.3 Å². The topological polar surface area (TPSA) is 65.4 Å². The number of amides is 1. The quantitative estimate of drug-likeness (QED) is 0.678. The molecule has 0 saturated carbocycles. The van der Waals surface area contributed by atoms with Gasteiger partial charge in [0.1, 0.15) is 0 Å². The summed E-state index contributed by atoms with van der Waals surface area (Å²) in [6.45, 7) is 1.03. The first-order chi connectivity index (χ1) is 12.7. The van der Waals surface area contributed by atoms with Crippen LogP contribution < -0.4 is 14.8 Å². The number of rotatable bonds is 8. The van der Waals surface area contributed by atoms with Crippen molar-refractivity contribution in [2.75, 3.05) is 13.7 Å². The summed E-state index contributed by atoms with van der Waals surface area (Å²) in [5, 5.41) is 7.15. The van der Waals surface area contributed by atoms with Crippen LogP contribution in [0.15, 0.2) is 67.0 Å². The molecule has 0 spiro atoms. The molecule has 3 rings (SSSR count). The van der Waals surface area contributed by atoms with Gasteiger partial charge in [-0.3, -0.25) is 9.48 Å². The summed E-state index contributed by atoms with van der Waals surface area (Å²) in [5.41, 5.74) is 2.11. The normalized spacial score (nSPS) is 10.3. The molecule has 134 valence electrons. The van der Waals surface area contributed by atoms with Gasteiger partial charge in [-0.1, -0.05) is 42.5 Å². The first-order valence-electron chi connectivity index (χ1n) is 8.32. The molecule has 0 aliphatic carbocycles. The number of methoxy groups -OCH3 is 1. The third-order valence-corrected chi connectivity index (χ3v) is 3.79. The maximum atomic E-state index is 12.0. The number of aromatic nitrogens is 2. The third kappa shape index (κ3) is 4.86. The Hall–Kier alpha value is -3.28. The zero-order valence-corrected chi connectivity index (χ0v) is 14.6. The van der Waals surface area contributed by atoms with E-state index >= 15 is 0 Å². The number of carbonyl (C=O) groups excluding carboxylic acids is 1. The Morgan fingerprint density at radius 1 is 1.04 bits per heavy atom. The largest absolute Gasteiger partial charge is 0.493 e. The summed E-state index contributed by atoms with van der Waals surface area (Å²) in [5.74, 6) is 0.940. The first kappa shape index (κ1) is 17.5. The second-order valence-electron chi connectivity index (χ2n) is 5.75. The standard InChI is InChI=1S/C20H21N3O3/c1-25-18-9-5-6-10-19(18)26-15-20(24)21-11-17-12-22-23(14-17)13-16-7-3-2-4-8-16/h2-10,12,14H,11,13,15H2,1H3,(H,21,24). The zero-order chi connectivity index (χ0) is 18.2. The van der Waals surface area contributed by atoms with Crippen LogP contribution in [0.4, 0.5) is 0 Å². The lowest BCUT2D eigenvalue weighted by Gasteiger charge is -2.10. The van der Waals surface area contributed by atoms with Crippen molar-refractivity contribution in [3.63, 3.8) is 0 Å². The van der Waals surface area contributed by atoms with Crippen LogP contribution in [0.3, 0.4) is 0 Å². The Morgan fingerprint density at radius 2 is 1.77 bits per heavy atom. The van der Waals surface area contributed by atoms with Gasteiger partial charge in [-0.2, -0.15) is 5.10 Å². The summed E-state index contributed by atoms with van der Waals surface area (Å²) >= 11 is 0. The van der Waals surface area contributed by atoms with E-state index in [9.17, 15) is 4.79 Å². The number of nitrogens with zero attached hydrogens (tertiary/aromatic N) is 2. The second kappa shape index (κ2) is 8.71. The molecule has 0 fully saturated rings. The van der Waals surface area contributed by atoms with Crippen LogP contribution >= 0.6 is 0 Å². The number of hydrogen-bond acceptors (Lipinski definition) is 4. The SMILES string of the molecule is COc1ccccc1OCC(=O)NCc1cnn(Cc2ccccc2)c1. The minimum atomic E-state index is -0.202. The Bertz CT molecular complexity index is 846. The van der Waals surface area contributed by atoms with E-state index in [4.69, 9.17) is 9.47 Å². The van der Waals surface area contributed by atoms with Crippen LogP contribution in [-0.4, -0.2) is 29.4 Å². The molecule has 3 aromatic rings. The maximum absolute atomic E-state index is 12.0. The van der Waals surface area contributed by atoms with E-state index in [0.29, 0.717) is 24.6 Å². The number of ether oxygens (including phenoxy) is 2. The highest BCUT2D eigenvalue weighted by molar-refractivity contribution is 5.77. The summed E-state index contributed by atoms with van der Waals surface area (Å²) in [6, 6.07) is 17.3. The average Bonchev–Trinajstić information content (AvgIpc) is 3.13. The molecular formula is C20H21N3O3. The predicted octanol–water partition coefficient (Wildman–Crippen LogP) is 2.64. The molecule has 0 aliphatic heterocycles. The molecule has 0 unspecified atom stereocenters. The highest BCUT2D eigenvalue weighted by Crippen LogP contribution is 2.25. The van der Waals surface area contributed by atoms with Crippen LogP contribution in [-0.2, 0) is 17.9 Å². The molecular weight excluding hydrogens is 330 g/mol. The Balaban J connectivity index is 1.46. The van der Waals surface area contributed by atoms with Crippen LogP contribution in [0.2, 0.25) is 0 Å². The molecule has 1 N–H and O–H groups in total. The van der Waals surface area contributed by atoms with Gasteiger partial charge < -0.3 is 14.8 Å². The van der Waals surface area contributed by atoms with Crippen molar-refractivity contribution in [1.82, 2.24) is 15.1 Å². The van der Waals surface area contributed by atoms with Crippen molar-refractivity contribution in [2.24, 2.45) is 0 Å². The summed E-state index contributed by atoms with van der Waals surface area (Å²) in [7, 11) is 1.56. The van der Waals surface area contributed by atoms with Gasteiger partial charge in [0.15, 0.2) is 18.1 Å². The molecule has 2 aromatic carbocycles. The lowest BCUT2D eigenvalue weighted by atomic mass is 10.2. The fourth-order valence-corrected chi connectivity index (χ4v) is 2.49. The summed E-state index contributed by atoms with van der Waals surface area (Å²) in [4.78, 5) is 12.0. The van der Waals surface area contributed by atoms with Gasteiger partial charge in [0, 0.05) is 18.3 Å². The van der Waals surface area contributed by atoms with Crippen molar-refractivity contribution in [2.45, 2.75) is 13.1 Å². The van der Waals surface area contributed by atoms with Crippen molar-refractivity contribution in [3.05, 3.63) is 78.1 Å². The van der Waals surface area contributed by atoms with Crippen LogP contribution in [0.1, 0.15) is 11.1 Å². The molecule has 1 aromatic heterocycles. The van der Waals surface area contributed by atoms with Crippen LogP contribution in [0.5, 0.6) is 11.5 Å². The van der Waals surface area contributed by atoms with Gasteiger partial charge in [0.25, 0.3) is 5.91 Å². The molecule has 0 saturated heterocycles. The highest BCUT2D eigenvalue weighted by atomic mass is 16.5. The minimum Gasteiger partial charge on any atom is -0.493 e. The van der Waals surface area contributed by atoms with Gasteiger partial charge in [0.2, 0.25) is 0 Å². The molecule has 0 atom stereocenters. The predicted molar refractivity (Wildman–Crippen MR) is 98.1 cm³/mol. The van der Waals surface area contributed by atoms with E-state index < -0.39 is 0 Å². The zero-order valence-electron chi connectivity index (χ0n) is 14.6. The van der Waals surface area contributed by atoms with E-state index in [0.717, 1.165) is 5.56 Å². The molecule has 0 radical (unpaired) electrons. The Morgan fingerprint density at radius 3 is 2.54 bits per heavy atom. The summed E-state index contributed by atoms with van der Waals surface area (Å²) in [6.07, 6.45) is 3.68. The molecule has 26 heavy (non-hydrogen) atoms. The van der Waals surface area contributed by atoms with E-state index in [1.807, 2.05) is 41.2 Å². The number of nitrogens with one attached hydrogen (secondary N) is 1. The fourth-order valence-electron chi connectivity index (χ4n) is 2.49. The van der Waals surface area contributed by atoms with Crippen LogP contribution in [0.25, 0.3) is 0 Å². The highest BCUT2D eigenvalue weighted by Gasteiger charge is 2.07. The van der Waals surface area contributed by atoms with Crippen LogP contribution in [0, 0.1) is 0 Å². The second-order valence-corrected chi connectivity index (χ2v) is 5.75. The van der Waals surface area contributed by atoms with Crippen molar-refractivity contribution in [3.8, 4) is 11.5 Å². The molecule has 6 nitrogen and oxygen atoms in total. The number of hydrogen-bond donors (Lipinski definition) is 1. The minimum absolute atomic E-state index is 0.0709. The monoisotopic (exact) mass is 351 g/mol. The van der Waals surface area contributed by atoms with E-state index in [1.165, 1.54) is 5.56 Å². The van der Waals surface area contributed by atoms with Gasteiger partial charge in [-0.25, -0.2) is 0 Å². The van der Waals surface area contributed by atoms with E-state index in [2.05, 4.69) is 22.5 Å². The molecule has 1 amide bonds. The molecule has 0 aliphatic rings. The Kier molecular flexibility index (Phi) is 5.88. The molecule has 1 heterocycles.